The maximum Gasteiger partial charge on any atom is 0.115 e. The van der Waals surface area contributed by atoms with Crippen molar-refractivity contribution in [2.24, 2.45) is 7.05 Å². The Morgan fingerprint density at radius 1 is 1.35 bits per heavy atom. The van der Waals surface area contributed by atoms with Crippen LogP contribution in [0.5, 0.6) is 0 Å². The number of nitrogens with zero attached hydrogens (tertiary/aromatic N) is 4. The Hall–Kier alpha value is -1.46. The molecule has 0 amide bonds. The molecule has 1 N–H and O–H groups in total. The Balaban J connectivity index is 2.24. The van der Waals surface area contributed by atoms with Gasteiger partial charge in [0.1, 0.15) is 6.33 Å². The van der Waals surface area contributed by atoms with Crippen molar-refractivity contribution in [2.75, 3.05) is 6.54 Å². The normalized spacial score (nSPS) is 12.6. The maximum atomic E-state index is 6.34. The minimum absolute atomic E-state index is 0.142. The molecule has 0 aromatic carbocycles. The van der Waals surface area contributed by atoms with E-state index in [2.05, 4.69) is 27.3 Å². The maximum absolute atomic E-state index is 6.34. The average molecular weight is 294 g/mol. The van der Waals surface area contributed by atoms with Gasteiger partial charge in [0, 0.05) is 37.5 Å². The summed E-state index contributed by atoms with van der Waals surface area (Å²) in [6, 6.07) is 0.142. The number of nitrogens with one attached hydrogen (secondary N) is 1. The minimum Gasteiger partial charge on any atom is -0.310 e. The number of halogens is 1. The summed E-state index contributed by atoms with van der Waals surface area (Å²) in [6.07, 6.45) is 7.07. The van der Waals surface area contributed by atoms with Gasteiger partial charge in [0.15, 0.2) is 0 Å². The van der Waals surface area contributed by atoms with Crippen molar-refractivity contribution in [2.45, 2.75) is 32.7 Å². The third-order valence-electron chi connectivity index (χ3n) is 3.28. The minimum atomic E-state index is 0.142. The van der Waals surface area contributed by atoms with Crippen LogP contribution in [0.4, 0.5) is 0 Å². The number of hydrogen-bond donors (Lipinski definition) is 1. The highest BCUT2D eigenvalue weighted by atomic mass is 35.5. The van der Waals surface area contributed by atoms with Crippen molar-refractivity contribution in [3.8, 4) is 0 Å². The molecule has 1 unspecified atom stereocenters. The monoisotopic (exact) mass is 293 g/mol. The lowest BCUT2D eigenvalue weighted by molar-refractivity contribution is 0.509. The highest BCUT2D eigenvalue weighted by Gasteiger charge is 2.18. The van der Waals surface area contributed by atoms with Crippen LogP contribution in [-0.4, -0.2) is 26.3 Å². The molecular formula is C14H20ClN5. The van der Waals surface area contributed by atoms with Gasteiger partial charge in [-0.1, -0.05) is 18.5 Å². The molecule has 1 atom stereocenters. The zero-order valence-electron chi connectivity index (χ0n) is 12.1. The van der Waals surface area contributed by atoms with Crippen LogP contribution in [0.25, 0.3) is 0 Å². The Kier molecular flexibility index (Phi) is 5.09. The number of rotatable bonds is 6. The van der Waals surface area contributed by atoms with Gasteiger partial charge in [0.25, 0.3) is 0 Å². The van der Waals surface area contributed by atoms with Gasteiger partial charge in [-0.2, -0.15) is 5.10 Å². The van der Waals surface area contributed by atoms with E-state index in [9.17, 15) is 0 Å². The van der Waals surface area contributed by atoms with Crippen LogP contribution in [0.3, 0.4) is 0 Å². The number of aromatic nitrogens is 4. The van der Waals surface area contributed by atoms with E-state index in [-0.39, 0.29) is 6.04 Å². The molecule has 2 rings (SSSR count). The number of aryl methyl sites for hydroxylation is 2. The molecule has 0 saturated carbocycles. The summed E-state index contributed by atoms with van der Waals surface area (Å²) in [4.78, 5) is 8.20. The van der Waals surface area contributed by atoms with Crippen LogP contribution in [0, 0.1) is 6.92 Å². The zero-order valence-corrected chi connectivity index (χ0v) is 12.9. The summed E-state index contributed by atoms with van der Waals surface area (Å²) in [5, 5.41) is 8.62. The molecule has 0 saturated heterocycles. The summed E-state index contributed by atoms with van der Waals surface area (Å²) in [5.41, 5.74) is 2.96. The van der Waals surface area contributed by atoms with Gasteiger partial charge < -0.3 is 5.32 Å². The van der Waals surface area contributed by atoms with Crippen molar-refractivity contribution in [1.29, 1.82) is 0 Å². The Labute approximate surface area is 124 Å². The summed E-state index contributed by atoms with van der Waals surface area (Å²) in [7, 11) is 1.92. The van der Waals surface area contributed by atoms with Crippen LogP contribution >= 0.6 is 11.6 Å². The third kappa shape index (κ3) is 3.35. The Morgan fingerprint density at radius 3 is 2.60 bits per heavy atom. The molecule has 2 aromatic heterocycles. The zero-order chi connectivity index (χ0) is 14.5. The van der Waals surface area contributed by atoms with E-state index in [4.69, 9.17) is 11.6 Å². The van der Waals surface area contributed by atoms with Gasteiger partial charge in [0.2, 0.25) is 0 Å². The lowest BCUT2D eigenvalue weighted by Gasteiger charge is -2.18. The van der Waals surface area contributed by atoms with Crippen molar-refractivity contribution in [3.05, 3.63) is 40.7 Å². The van der Waals surface area contributed by atoms with Crippen LogP contribution in [-0.2, 0) is 13.5 Å². The van der Waals surface area contributed by atoms with Gasteiger partial charge in [-0.15, -0.1) is 0 Å². The van der Waals surface area contributed by atoms with E-state index in [1.54, 1.807) is 6.33 Å². The molecule has 0 radical (unpaired) electrons. The van der Waals surface area contributed by atoms with Gasteiger partial charge in [-0.05, 0) is 19.9 Å². The fourth-order valence-corrected chi connectivity index (χ4v) is 2.45. The van der Waals surface area contributed by atoms with Crippen LogP contribution in [0.2, 0.25) is 5.02 Å². The molecule has 2 aromatic rings. The number of hydrogen-bond acceptors (Lipinski definition) is 4. The first-order valence-electron chi connectivity index (χ1n) is 6.79. The van der Waals surface area contributed by atoms with Gasteiger partial charge in [-0.3, -0.25) is 4.68 Å². The van der Waals surface area contributed by atoms with E-state index in [1.807, 2.05) is 31.0 Å². The summed E-state index contributed by atoms with van der Waals surface area (Å²) < 4.78 is 1.85. The van der Waals surface area contributed by atoms with E-state index in [1.165, 1.54) is 0 Å². The van der Waals surface area contributed by atoms with Crippen LogP contribution in [0.1, 0.15) is 36.3 Å². The largest absolute Gasteiger partial charge is 0.310 e. The third-order valence-corrected chi connectivity index (χ3v) is 3.77. The lowest BCUT2D eigenvalue weighted by atomic mass is 10.0. The Bertz CT molecular complexity index is 552. The molecule has 20 heavy (non-hydrogen) atoms. The lowest BCUT2D eigenvalue weighted by Crippen LogP contribution is -2.25. The van der Waals surface area contributed by atoms with E-state index < -0.39 is 0 Å². The van der Waals surface area contributed by atoms with Crippen molar-refractivity contribution in [1.82, 2.24) is 25.1 Å². The average Bonchev–Trinajstić information content (AvgIpc) is 2.70. The molecule has 108 valence electrons. The van der Waals surface area contributed by atoms with Crippen molar-refractivity contribution in [3.63, 3.8) is 0 Å². The summed E-state index contributed by atoms with van der Waals surface area (Å²) in [5.74, 6) is 0. The van der Waals surface area contributed by atoms with Crippen LogP contribution in [0.15, 0.2) is 18.7 Å². The molecule has 6 heteroatoms. The highest BCUT2D eigenvalue weighted by Crippen LogP contribution is 2.25. The van der Waals surface area contributed by atoms with E-state index in [0.29, 0.717) is 0 Å². The predicted octanol–water partition coefficient (Wildman–Crippen LogP) is 2.46. The second kappa shape index (κ2) is 6.81. The molecule has 0 aliphatic rings. The second-order valence-electron chi connectivity index (χ2n) is 4.85. The van der Waals surface area contributed by atoms with Gasteiger partial charge in [-0.25, -0.2) is 9.97 Å². The molecule has 0 aliphatic carbocycles. The van der Waals surface area contributed by atoms with Crippen LogP contribution < -0.4 is 5.32 Å². The summed E-state index contributed by atoms with van der Waals surface area (Å²) in [6.45, 7) is 5.01. The molecule has 0 fully saturated rings. The second-order valence-corrected chi connectivity index (χ2v) is 5.23. The van der Waals surface area contributed by atoms with Gasteiger partial charge in [0.05, 0.1) is 16.4 Å². The smallest absolute Gasteiger partial charge is 0.115 e. The van der Waals surface area contributed by atoms with Gasteiger partial charge >= 0.3 is 0 Å². The topological polar surface area (TPSA) is 55.6 Å². The molecule has 5 nitrogen and oxygen atoms in total. The first kappa shape index (κ1) is 14.9. The summed E-state index contributed by atoms with van der Waals surface area (Å²) >= 11 is 6.34. The highest BCUT2D eigenvalue weighted by molar-refractivity contribution is 6.31. The first-order chi connectivity index (χ1) is 9.63. The molecule has 0 aliphatic heterocycles. The molecule has 2 heterocycles. The SMILES string of the molecule is CCCNC(Cc1c(Cl)c(C)nn1C)c1cncnc1. The first-order valence-corrected chi connectivity index (χ1v) is 7.17. The van der Waals surface area contributed by atoms with E-state index in [0.717, 1.165) is 41.4 Å². The fraction of sp³-hybridized carbons (Fsp3) is 0.500. The quantitative estimate of drug-likeness (QED) is 0.889. The predicted molar refractivity (Wildman–Crippen MR) is 79.7 cm³/mol. The van der Waals surface area contributed by atoms with Crippen molar-refractivity contribution < 1.29 is 0 Å². The molecule has 0 spiro atoms. The fourth-order valence-electron chi connectivity index (χ4n) is 2.21. The molecular weight excluding hydrogens is 274 g/mol. The Morgan fingerprint density at radius 2 is 2.05 bits per heavy atom. The molecule has 0 bridgehead atoms. The van der Waals surface area contributed by atoms with Crippen molar-refractivity contribution >= 4 is 11.6 Å². The van der Waals surface area contributed by atoms with E-state index >= 15 is 0 Å². The standard InChI is InChI=1S/C14H20ClN5/c1-4-5-18-12(11-7-16-9-17-8-11)6-13-14(15)10(2)19-20(13)3/h7-9,12,18H,4-6H2,1-3H3.